The van der Waals surface area contributed by atoms with Gasteiger partial charge in [0.05, 0.1) is 6.61 Å². The highest BCUT2D eigenvalue weighted by Crippen LogP contribution is 2.64. The summed E-state index contributed by atoms with van der Waals surface area (Å²) < 4.78 is 10.0. The van der Waals surface area contributed by atoms with Crippen molar-refractivity contribution in [1.29, 1.82) is 0 Å². The van der Waals surface area contributed by atoms with E-state index in [0.717, 1.165) is 23.3 Å². The van der Waals surface area contributed by atoms with Crippen LogP contribution in [0.5, 0.6) is 0 Å². The fourth-order valence-corrected chi connectivity index (χ4v) is 6.12. The number of rotatable bonds is 5. The molecule has 6 nitrogen and oxygen atoms in total. The van der Waals surface area contributed by atoms with Crippen molar-refractivity contribution in [3.8, 4) is 0 Å². The molecule has 4 fully saturated rings. The lowest BCUT2D eigenvalue weighted by Gasteiger charge is -2.61. The topological polar surface area (TPSA) is 105 Å². The molecule has 0 aromatic heterocycles. The summed E-state index contributed by atoms with van der Waals surface area (Å²) in [5.74, 6) is 2.62. The van der Waals surface area contributed by atoms with Gasteiger partial charge in [-0.05, 0) is 75.7 Å². The van der Waals surface area contributed by atoms with E-state index in [-0.39, 0.29) is 5.41 Å². The first-order chi connectivity index (χ1) is 13.7. The molecule has 0 spiro atoms. The van der Waals surface area contributed by atoms with Crippen molar-refractivity contribution in [2.45, 2.75) is 64.4 Å². The largest absolute Gasteiger partial charge is 0.449 e. The molecule has 0 unspecified atom stereocenters. The zero-order valence-electron chi connectivity index (χ0n) is 17.6. The van der Waals surface area contributed by atoms with E-state index < -0.39 is 17.8 Å². The van der Waals surface area contributed by atoms with Crippen LogP contribution in [0.2, 0.25) is 0 Å². The normalized spacial score (nSPS) is 29.5. The summed E-state index contributed by atoms with van der Waals surface area (Å²) in [6, 6.07) is 9.78. The second-order valence-electron chi connectivity index (χ2n) is 9.53. The maximum atomic E-state index is 11.1. The Morgan fingerprint density at radius 3 is 1.93 bits per heavy atom. The lowest BCUT2D eigenvalue weighted by Crippen LogP contribution is -2.57. The molecule has 4 aliphatic rings. The average molecular weight is 403 g/mol. The molecule has 6 heteroatoms. The van der Waals surface area contributed by atoms with Crippen LogP contribution < -0.4 is 11.5 Å². The summed E-state index contributed by atoms with van der Waals surface area (Å²) >= 11 is 0. The molecule has 29 heavy (non-hydrogen) atoms. The standard InChI is InChI=1S/C14H23NO2.C9H11NO2/c1-13(2,17-12(15)16)14-6-9-3-10(7-14)5-11(4-9)8-14;10-9(11)12-7-6-8-4-2-1-3-5-8/h9-11H,3-8H2,1-2H3,(H2,15,16);1-5H,6-7H2,(H2,10,11). The fourth-order valence-electron chi connectivity index (χ4n) is 6.12. The molecule has 2 amide bonds. The first-order valence-corrected chi connectivity index (χ1v) is 10.6. The second-order valence-corrected chi connectivity index (χ2v) is 9.53. The Kier molecular flexibility index (Phi) is 6.39. The van der Waals surface area contributed by atoms with Gasteiger partial charge in [-0.1, -0.05) is 30.3 Å². The number of carbonyl (C=O) groups is 2. The van der Waals surface area contributed by atoms with Crippen molar-refractivity contribution in [3.63, 3.8) is 0 Å². The Morgan fingerprint density at radius 1 is 0.966 bits per heavy atom. The molecule has 160 valence electrons. The molecule has 4 bridgehead atoms. The van der Waals surface area contributed by atoms with E-state index in [1.54, 1.807) is 0 Å². The van der Waals surface area contributed by atoms with Gasteiger partial charge in [-0.3, -0.25) is 0 Å². The minimum Gasteiger partial charge on any atom is -0.449 e. The zero-order chi connectivity index (χ0) is 21.1. The molecule has 0 saturated heterocycles. The maximum Gasteiger partial charge on any atom is 0.405 e. The number of carbonyl (C=O) groups excluding carboxylic acids is 2. The summed E-state index contributed by atoms with van der Waals surface area (Å²) in [7, 11) is 0. The van der Waals surface area contributed by atoms with Gasteiger partial charge < -0.3 is 20.9 Å². The van der Waals surface area contributed by atoms with Crippen molar-refractivity contribution >= 4 is 12.2 Å². The fraction of sp³-hybridized carbons (Fsp3) is 0.652. The van der Waals surface area contributed by atoms with Gasteiger partial charge in [-0.2, -0.15) is 0 Å². The van der Waals surface area contributed by atoms with Crippen LogP contribution in [0.15, 0.2) is 30.3 Å². The highest BCUT2D eigenvalue weighted by molar-refractivity contribution is 5.65. The van der Waals surface area contributed by atoms with Crippen LogP contribution in [0.25, 0.3) is 0 Å². The van der Waals surface area contributed by atoms with Crippen molar-refractivity contribution in [1.82, 2.24) is 0 Å². The molecular weight excluding hydrogens is 368 g/mol. The molecular formula is C23H34N2O4. The van der Waals surface area contributed by atoms with Crippen LogP contribution in [0, 0.1) is 23.2 Å². The smallest absolute Gasteiger partial charge is 0.405 e. The van der Waals surface area contributed by atoms with Gasteiger partial charge in [0, 0.05) is 11.8 Å². The minimum atomic E-state index is -0.717. The van der Waals surface area contributed by atoms with E-state index in [1.807, 2.05) is 30.3 Å². The molecule has 0 atom stereocenters. The predicted octanol–water partition coefficient (Wildman–Crippen LogP) is 4.40. The number of benzene rings is 1. The van der Waals surface area contributed by atoms with Crippen LogP contribution in [-0.2, 0) is 15.9 Å². The Morgan fingerprint density at radius 2 is 1.48 bits per heavy atom. The van der Waals surface area contributed by atoms with E-state index in [2.05, 4.69) is 18.6 Å². The minimum absolute atomic E-state index is 0.205. The van der Waals surface area contributed by atoms with Gasteiger partial charge in [0.1, 0.15) is 5.60 Å². The summed E-state index contributed by atoms with van der Waals surface area (Å²) in [5.41, 5.74) is 11.0. The van der Waals surface area contributed by atoms with E-state index in [1.165, 1.54) is 38.5 Å². The Labute approximate surface area is 173 Å². The molecule has 1 aromatic carbocycles. The first kappa shape index (κ1) is 21.5. The number of amides is 2. The molecule has 0 radical (unpaired) electrons. The van der Waals surface area contributed by atoms with Crippen LogP contribution in [-0.4, -0.2) is 24.4 Å². The summed E-state index contributed by atoms with van der Waals surface area (Å²) in [5, 5.41) is 0. The third-order valence-electron chi connectivity index (χ3n) is 7.15. The number of hydrogen-bond donors (Lipinski definition) is 2. The highest BCUT2D eigenvalue weighted by atomic mass is 16.6. The Hall–Kier alpha value is -2.24. The third-order valence-corrected chi connectivity index (χ3v) is 7.15. The third kappa shape index (κ3) is 5.22. The zero-order valence-corrected chi connectivity index (χ0v) is 17.6. The molecule has 4 saturated carbocycles. The van der Waals surface area contributed by atoms with E-state index in [4.69, 9.17) is 16.2 Å². The van der Waals surface area contributed by atoms with Gasteiger partial charge in [0.2, 0.25) is 0 Å². The lowest BCUT2D eigenvalue weighted by molar-refractivity contribution is -0.161. The number of hydrogen-bond acceptors (Lipinski definition) is 4. The van der Waals surface area contributed by atoms with Crippen LogP contribution >= 0.6 is 0 Å². The van der Waals surface area contributed by atoms with Gasteiger partial charge in [0.15, 0.2) is 0 Å². The molecule has 1 aromatic rings. The van der Waals surface area contributed by atoms with Crippen molar-refractivity contribution in [2.75, 3.05) is 6.61 Å². The van der Waals surface area contributed by atoms with Gasteiger partial charge in [-0.15, -0.1) is 0 Å². The van der Waals surface area contributed by atoms with E-state index in [0.29, 0.717) is 13.0 Å². The summed E-state index contributed by atoms with van der Waals surface area (Å²) in [4.78, 5) is 21.3. The van der Waals surface area contributed by atoms with E-state index in [9.17, 15) is 9.59 Å². The SMILES string of the molecule is CC(C)(OC(N)=O)C12CC3CC(CC(C3)C1)C2.NC(=O)OCCc1ccccc1. The quantitative estimate of drug-likeness (QED) is 0.761. The van der Waals surface area contributed by atoms with Crippen molar-refractivity contribution < 1.29 is 19.1 Å². The van der Waals surface area contributed by atoms with Crippen molar-refractivity contribution in [2.24, 2.45) is 34.6 Å². The average Bonchev–Trinajstić information content (AvgIpc) is 2.60. The number of ether oxygens (including phenoxy) is 2. The maximum absolute atomic E-state index is 11.1. The van der Waals surface area contributed by atoms with E-state index >= 15 is 0 Å². The Bertz CT molecular complexity index is 682. The molecule has 4 aliphatic carbocycles. The molecule has 0 heterocycles. The summed E-state index contributed by atoms with van der Waals surface area (Å²) in [6.07, 6.45) is 7.31. The highest BCUT2D eigenvalue weighted by Gasteiger charge is 2.58. The van der Waals surface area contributed by atoms with Crippen LogP contribution in [0.3, 0.4) is 0 Å². The number of primary amides is 2. The molecule has 0 aliphatic heterocycles. The van der Waals surface area contributed by atoms with Crippen LogP contribution in [0.1, 0.15) is 57.9 Å². The molecule has 4 N–H and O–H groups in total. The first-order valence-electron chi connectivity index (χ1n) is 10.6. The predicted molar refractivity (Wildman–Crippen MR) is 111 cm³/mol. The second kappa shape index (κ2) is 8.64. The van der Waals surface area contributed by atoms with Gasteiger partial charge in [0.25, 0.3) is 0 Å². The monoisotopic (exact) mass is 402 g/mol. The lowest BCUT2D eigenvalue weighted by atomic mass is 9.46. The Balaban J connectivity index is 0.000000177. The molecule has 5 rings (SSSR count). The summed E-state index contributed by atoms with van der Waals surface area (Å²) in [6.45, 7) is 4.47. The van der Waals surface area contributed by atoms with Gasteiger partial charge in [-0.25, -0.2) is 9.59 Å². The van der Waals surface area contributed by atoms with Crippen LogP contribution in [0.4, 0.5) is 9.59 Å². The number of nitrogens with two attached hydrogens (primary N) is 2. The van der Waals surface area contributed by atoms with Gasteiger partial charge >= 0.3 is 12.2 Å². The van der Waals surface area contributed by atoms with Crippen molar-refractivity contribution in [3.05, 3.63) is 35.9 Å².